The Hall–Kier alpha value is -4.58. The van der Waals surface area contributed by atoms with Crippen LogP contribution in [0.25, 0.3) is 45.1 Å². The van der Waals surface area contributed by atoms with Gasteiger partial charge in [0.2, 0.25) is 11.2 Å². The second kappa shape index (κ2) is 5.81. The molecule has 0 N–H and O–H groups in total. The molecule has 1 spiro atoms. The fourth-order valence-electron chi connectivity index (χ4n) is 4.94. The molecule has 0 radical (unpaired) electrons. The van der Waals surface area contributed by atoms with Crippen LogP contribution >= 0.6 is 0 Å². The summed E-state index contributed by atoms with van der Waals surface area (Å²) in [5.41, 5.74) is 4.90. The van der Waals surface area contributed by atoms with Gasteiger partial charge in [-0.2, -0.15) is 0 Å². The van der Waals surface area contributed by atoms with Crippen LogP contribution in [0.4, 0.5) is 0 Å². The molecule has 6 heteroatoms. The van der Waals surface area contributed by atoms with E-state index in [4.69, 9.17) is 18.3 Å². The molecule has 0 amide bonds. The number of ether oxygens (including phenoxy) is 2. The van der Waals surface area contributed by atoms with Gasteiger partial charge in [0, 0.05) is 12.1 Å². The van der Waals surface area contributed by atoms with Crippen molar-refractivity contribution in [2.75, 3.05) is 0 Å². The monoisotopic (exact) mass is 432 g/mol. The van der Waals surface area contributed by atoms with Crippen molar-refractivity contribution in [3.63, 3.8) is 0 Å². The summed E-state index contributed by atoms with van der Waals surface area (Å²) >= 11 is 0. The van der Waals surface area contributed by atoms with E-state index < -0.39 is 6.03 Å². The van der Waals surface area contributed by atoms with E-state index in [2.05, 4.69) is 0 Å². The second-order valence-electron chi connectivity index (χ2n) is 8.17. The number of benzene rings is 4. The zero-order chi connectivity index (χ0) is 21.6. The molecular formula is C27H16N2O4+2. The standard InChI is InChI=1S/C27H16N2O4/c1-5-13-21-17(9-1)25-28(19-11-3-7-15-23(19)30-25)27(32-21)29-20-12-4-8-16-24(20)31-26(29)18-10-2-6-14-22(18)33-27/h1-16H/q+2. The van der Waals surface area contributed by atoms with Gasteiger partial charge in [0.1, 0.15) is 11.1 Å². The first-order valence-electron chi connectivity index (χ1n) is 10.8. The summed E-state index contributed by atoms with van der Waals surface area (Å²) in [6, 6.07) is 30.1. The maximum absolute atomic E-state index is 6.79. The van der Waals surface area contributed by atoms with Gasteiger partial charge in [0.15, 0.2) is 11.5 Å². The fourth-order valence-corrected chi connectivity index (χ4v) is 4.94. The molecule has 0 fully saturated rings. The lowest BCUT2D eigenvalue weighted by Gasteiger charge is -2.28. The van der Waals surface area contributed by atoms with Crippen LogP contribution in [0.1, 0.15) is 0 Å². The van der Waals surface area contributed by atoms with Gasteiger partial charge in [0.25, 0.3) is 11.0 Å². The van der Waals surface area contributed by atoms with E-state index in [0.29, 0.717) is 23.3 Å². The van der Waals surface area contributed by atoms with E-state index in [9.17, 15) is 0 Å². The Labute approximate surface area is 187 Å². The molecule has 2 aliphatic heterocycles. The van der Waals surface area contributed by atoms with Crippen LogP contribution in [-0.2, 0) is 6.03 Å². The maximum Gasteiger partial charge on any atom is 0.721 e. The Morgan fingerprint density at radius 2 is 0.909 bits per heavy atom. The van der Waals surface area contributed by atoms with Crippen molar-refractivity contribution >= 4 is 22.2 Å². The summed E-state index contributed by atoms with van der Waals surface area (Å²) < 4.78 is 30.3. The smallest absolute Gasteiger partial charge is 0.397 e. The van der Waals surface area contributed by atoms with Crippen LogP contribution in [0, 0.1) is 0 Å². The van der Waals surface area contributed by atoms with Gasteiger partial charge in [-0.1, -0.05) is 48.5 Å². The largest absolute Gasteiger partial charge is 0.721 e. The highest BCUT2D eigenvalue weighted by Gasteiger charge is 2.70. The molecule has 4 heterocycles. The van der Waals surface area contributed by atoms with Gasteiger partial charge in [-0.25, -0.2) is 0 Å². The van der Waals surface area contributed by atoms with Crippen LogP contribution in [-0.4, -0.2) is 0 Å². The van der Waals surface area contributed by atoms with Gasteiger partial charge in [0.05, 0.1) is 0 Å². The first-order valence-corrected chi connectivity index (χ1v) is 10.8. The van der Waals surface area contributed by atoms with Crippen LogP contribution in [0.5, 0.6) is 11.5 Å². The molecule has 33 heavy (non-hydrogen) atoms. The lowest BCUT2D eigenvalue weighted by Crippen LogP contribution is -2.81. The predicted molar refractivity (Wildman–Crippen MR) is 118 cm³/mol. The van der Waals surface area contributed by atoms with Crippen molar-refractivity contribution in [3.05, 3.63) is 97.1 Å². The number of hydrogen-bond donors (Lipinski definition) is 0. The molecule has 6 aromatic rings. The highest BCUT2D eigenvalue weighted by Crippen LogP contribution is 2.44. The Kier molecular flexibility index (Phi) is 3.00. The third-order valence-corrected chi connectivity index (χ3v) is 6.32. The van der Waals surface area contributed by atoms with E-state index in [1.54, 1.807) is 0 Å². The number of hydrogen-bond acceptors (Lipinski definition) is 4. The average molecular weight is 432 g/mol. The highest BCUT2D eigenvalue weighted by molar-refractivity contribution is 5.75. The number of rotatable bonds is 0. The molecule has 4 aromatic carbocycles. The van der Waals surface area contributed by atoms with Crippen LogP contribution in [0.3, 0.4) is 0 Å². The summed E-state index contributed by atoms with van der Waals surface area (Å²) in [7, 11) is 0. The van der Waals surface area contributed by atoms with E-state index >= 15 is 0 Å². The molecule has 2 aromatic heterocycles. The third-order valence-electron chi connectivity index (χ3n) is 6.32. The third kappa shape index (κ3) is 2.03. The number of fused-ring (bicyclic) bond motifs is 12. The lowest BCUT2D eigenvalue weighted by atomic mass is 10.1. The van der Waals surface area contributed by atoms with E-state index in [0.717, 1.165) is 33.3 Å². The van der Waals surface area contributed by atoms with Crippen molar-refractivity contribution in [3.8, 4) is 34.4 Å². The minimum atomic E-state index is -1.42. The molecule has 0 bridgehead atoms. The number of aromatic nitrogens is 2. The normalized spacial score (nSPS) is 14.8. The molecule has 0 unspecified atom stereocenters. The van der Waals surface area contributed by atoms with Crippen molar-refractivity contribution in [2.24, 2.45) is 0 Å². The summed E-state index contributed by atoms with van der Waals surface area (Å²) in [5.74, 6) is 2.64. The molecular weight excluding hydrogens is 416 g/mol. The predicted octanol–water partition coefficient (Wildman–Crippen LogP) is 4.99. The quantitative estimate of drug-likeness (QED) is 0.318. The molecule has 0 atom stereocenters. The van der Waals surface area contributed by atoms with Crippen molar-refractivity contribution in [2.45, 2.75) is 6.03 Å². The van der Waals surface area contributed by atoms with Crippen molar-refractivity contribution in [1.82, 2.24) is 0 Å². The SMILES string of the molecule is c1ccc2c(c1)OC1(Oc3ccccc3-c3oc4ccccc4[n+]31)[n+]1c-2oc2ccccc21. The fraction of sp³-hybridized carbons (Fsp3) is 0.0370. The minimum absolute atomic E-state index is 0.654. The summed E-state index contributed by atoms with van der Waals surface area (Å²) in [6.07, 6.45) is 0. The first kappa shape index (κ1) is 17.0. The molecule has 8 rings (SSSR count). The average Bonchev–Trinajstić information content (AvgIpc) is 3.45. The zero-order valence-electron chi connectivity index (χ0n) is 17.3. The van der Waals surface area contributed by atoms with Crippen LogP contribution < -0.4 is 18.6 Å². The molecule has 156 valence electrons. The topological polar surface area (TPSA) is 52.5 Å². The van der Waals surface area contributed by atoms with E-state index in [-0.39, 0.29) is 0 Å². The van der Waals surface area contributed by atoms with E-state index in [1.165, 1.54) is 0 Å². The molecule has 0 saturated carbocycles. The Morgan fingerprint density at radius 3 is 1.42 bits per heavy atom. The van der Waals surface area contributed by atoms with Gasteiger partial charge in [-0.15, -0.1) is 0 Å². The van der Waals surface area contributed by atoms with Gasteiger partial charge in [-0.05, 0) is 45.5 Å². The molecule has 0 aliphatic carbocycles. The maximum atomic E-state index is 6.79. The summed E-state index contributed by atoms with van der Waals surface area (Å²) in [4.78, 5) is 0. The van der Waals surface area contributed by atoms with E-state index in [1.807, 2.05) is 106 Å². The molecule has 0 saturated heterocycles. The number of nitrogens with zero attached hydrogens (tertiary/aromatic N) is 2. The molecule has 6 nitrogen and oxygen atoms in total. The zero-order valence-corrected chi connectivity index (χ0v) is 17.3. The molecule has 2 aliphatic rings. The second-order valence-corrected chi connectivity index (χ2v) is 8.17. The number of oxazole rings is 2. The van der Waals surface area contributed by atoms with Crippen molar-refractivity contribution < 1.29 is 27.4 Å². The summed E-state index contributed by atoms with van der Waals surface area (Å²) in [6.45, 7) is 0. The highest BCUT2D eigenvalue weighted by atomic mass is 16.7. The number of para-hydroxylation sites is 6. The Morgan fingerprint density at radius 1 is 0.485 bits per heavy atom. The van der Waals surface area contributed by atoms with Crippen molar-refractivity contribution in [1.29, 1.82) is 0 Å². The van der Waals surface area contributed by atoms with Gasteiger partial charge < -0.3 is 18.3 Å². The van der Waals surface area contributed by atoms with Gasteiger partial charge in [-0.3, -0.25) is 0 Å². The summed E-state index contributed by atoms with van der Waals surface area (Å²) in [5, 5.41) is 0. The Bertz CT molecular complexity index is 1620. The minimum Gasteiger partial charge on any atom is -0.397 e. The van der Waals surface area contributed by atoms with Gasteiger partial charge >= 0.3 is 17.8 Å². The van der Waals surface area contributed by atoms with Crippen LogP contribution in [0.2, 0.25) is 0 Å². The lowest BCUT2D eigenvalue weighted by molar-refractivity contribution is -1.04. The first-order chi connectivity index (χ1) is 16.3. The van der Waals surface area contributed by atoms with Crippen LogP contribution in [0.15, 0.2) is 106 Å². The Balaban J connectivity index is 1.58.